The first-order chi connectivity index (χ1) is 8.36. The maximum absolute atomic E-state index is 12.5. The maximum atomic E-state index is 12.5. The Hall–Kier alpha value is -1.26. The molecule has 0 aromatic heterocycles. The summed E-state index contributed by atoms with van der Waals surface area (Å²) in [6.07, 6.45) is 0.469. The molecule has 3 atom stereocenters. The number of ether oxygens (including phenoxy) is 1. The van der Waals surface area contributed by atoms with Gasteiger partial charge in [-0.2, -0.15) is 0 Å². The molecule has 1 aliphatic heterocycles. The van der Waals surface area contributed by atoms with Gasteiger partial charge in [0.05, 0.1) is 7.11 Å². The van der Waals surface area contributed by atoms with Crippen molar-refractivity contribution < 1.29 is 14.3 Å². The van der Waals surface area contributed by atoms with Gasteiger partial charge < -0.3 is 15.0 Å². The van der Waals surface area contributed by atoms with Crippen molar-refractivity contribution in [3.8, 4) is 0 Å². The molecule has 1 fully saturated rings. The summed E-state index contributed by atoms with van der Waals surface area (Å²) in [5, 5.41) is 2.63. The number of hydrogen-bond acceptors (Lipinski definition) is 3. The monoisotopic (exact) mass is 256 g/mol. The van der Waals surface area contributed by atoms with E-state index in [2.05, 4.69) is 23.9 Å². The van der Waals surface area contributed by atoms with E-state index in [1.807, 2.05) is 18.7 Å². The number of nitrogens with one attached hydrogen (secondary N) is 1. The number of rotatable bonds is 3. The molecule has 1 unspecified atom stereocenters. The molecule has 1 saturated heterocycles. The third-order valence-electron chi connectivity index (χ3n) is 3.46. The van der Waals surface area contributed by atoms with E-state index in [9.17, 15) is 9.59 Å². The van der Waals surface area contributed by atoms with Crippen molar-refractivity contribution in [1.29, 1.82) is 0 Å². The molecular formula is C13H24N2O3. The molecule has 2 amide bonds. The zero-order valence-corrected chi connectivity index (χ0v) is 11.9. The Balaban J connectivity index is 2.74. The molecule has 0 bridgehead atoms. The highest BCUT2D eigenvalue weighted by Gasteiger charge is 2.35. The number of alkyl carbamates (subject to hydrolysis) is 1. The van der Waals surface area contributed by atoms with Gasteiger partial charge in [-0.3, -0.25) is 4.79 Å². The lowest BCUT2D eigenvalue weighted by molar-refractivity contribution is -0.135. The van der Waals surface area contributed by atoms with Gasteiger partial charge in [-0.25, -0.2) is 4.79 Å². The quantitative estimate of drug-likeness (QED) is 0.835. The molecule has 0 saturated carbocycles. The Kier molecular flexibility index (Phi) is 4.99. The highest BCUT2D eigenvalue weighted by molar-refractivity contribution is 5.86. The predicted octanol–water partition coefficient (Wildman–Crippen LogP) is 1.62. The number of hydrogen-bond donors (Lipinski definition) is 1. The van der Waals surface area contributed by atoms with Crippen LogP contribution in [0.25, 0.3) is 0 Å². The first-order valence-electron chi connectivity index (χ1n) is 6.51. The Labute approximate surface area is 109 Å². The fourth-order valence-electron chi connectivity index (χ4n) is 2.49. The van der Waals surface area contributed by atoms with Gasteiger partial charge >= 0.3 is 6.09 Å². The van der Waals surface area contributed by atoms with Crippen LogP contribution in [-0.2, 0) is 9.53 Å². The van der Waals surface area contributed by atoms with Crippen molar-refractivity contribution in [2.45, 2.75) is 46.2 Å². The normalized spacial score (nSPS) is 25.1. The second-order valence-corrected chi connectivity index (χ2v) is 5.54. The molecule has 0 aromatic rings. The molecule has 104 valence electrons. The fourth-order valence-corrected chi connectivity index (χ4v) is 2.49. The van der Waals surface area contributed by atoms with E-state index in [1.165, 1.54) is 7.11 Å². The summed E-state index contributed by atoms with van der Waals surface area (Å²) in [4.78, 5) is 25.6. The first kappa shape index (κ1) is 14.8. The predicted molar refractivity (Wildman–Crippen MR) is 69.1 cm³/mol. The summed E-state index contributed by atoms with van der Waals surface area (Å²) in [6, 6.07) is -0.265. The van der Waals surface area contributed by atoms with Crippen LogP contribution in [0.4, 0.5) is 4.79 Å². The van der Waals surface area contributed by atoms with Crippen molar-refractivity contribution >= 4 is 12.0 Å². The zero-order valence-electron chi connectivity index (χ0n) is 11.9. The second kappa shape index (κ2) is 6.07. The summed E-state index contributed by atoms with van der Waals surface area (Å²) in [6.45, 7) is 8.80. The van der Waals surface area contributed by atoms with Gasteiger partial charge in [-0.15, -0.1) is 0 Å². The van der Waals surface area contributed by atoms with Crippen molar-refractivity contribution in [2.75, 3.05) is 13.7 Å². The second-order valence-electron chi connectivity index (χ2n) is 5.54. The topological polar surface area (TPSA) is 58.6 Å². The van der Waals surface area contributed by atoms with Crippen LogP contribution >= 0.6 is 0 Å². The summed E-state index contributed by atoms with van der Waals surface area (Å²) in [7, 11) is 1.30. The van der Waals surface area contributed by atoms with Crippen molar-refractivity contribution in [2.24, 2.45) is 11.8 Å². The fraction of sp³-hybridized carbons (Fsp3) is 0.846. The maximum Gasteiger partial charge on any atom is 0.407 e. The van der Waals surface area contributed by atoms with E-state index in [0.717, 1.165) is 13.0 Å². The molecule has 18 heavy (non-hydrogen) atoms. The Morgan fingerprint density at radius 1 is 1.33 bits per heavy atom. The molecule has 5 heteroatoms. The molecule has 1 rings (SSSR count). The lowest BCUT2D eigenvalue weighted by Crippen LogP contribution is -2.52. The van der Waals surface area contributed by atoms with Gasteiger partial charge in [0.15, 0.2) is 0 Å². The minimum Gasteiger partial charge on any atom is -0.453 e. The molecule has 1 N–H and O–H groups in total. The lowest BCUT2D eigenvalue weighted by Gasteiger charge is -2.29. The lowest BCUT2D eigenvalue weighted by atomic mass is 10.0. The van der Waals surface area contributed by atoms with Gasteiger partial charge in [-0.1, -0.05) is 20.8 Å². The molecule has 0 aliphatic carbocycles. The number of carbonyl (C=O) groups is 2. The van der Waals surface area contributed by atoms with Gasteiger partial charge in [0.1, 0.15) is 6.04 Å². The smallest absolute Gasteiger partial charge is 0.407 e. The first-order valence-corrected chi connectivity index (χ1v) is 6.51. The molecule has 0 radical (unpaired) electrons. The number of methoxy groups -OCH3 is 1. The highest BCUT2D eigenvalue weighted by atomic mass is 16.5. The molecular weight excluding hydrogens is 232 g/mol. The SMILES string of the molecule is COC(=O)NC(C(=O)N1C[C@@H](C)C[C@H]1C)C(C)C. The number of carbonyl (C=O) groups excluding carboxylic acids is 2. The highest BCUT2D eigenvalue weighted by Crippen LogP contribution is 2.24. The molecule has 0 aromatic carbocycles. The van der Waals surface area contributed by atoms with Crippen LogP contribution in [0, 0.1) is 11.8 Å². The standard InChI is InChI=1S/C13H24N2O3/c1-8(2)11(14-13(17)18-5)12(16)15-7-9(3)6-10(15)4/h8-11H,6-7H2,1-5H3,(H,14,17)/t9-,10+,11?/m0/s1. The van der Waals surface area contributed by atoms with Crippen LogP contribution < -0.4 is 5.32 Å². The van der Waals surface area contributed by atoms with Crippen LogP contribution in [0.3, 0.4) is 0 Å². The number of nitrogens with zero attached hydrogens (tertiary/aromatic N) is 1. The van der Waals surface area contributed by atoms with Gasteiger partial charge in [0.2, 0.25) is 5.91 Å². The van der Waals surface area contributed by atoms with E-state index < -0.39 is 12.1 Å². The van der Waals surface area contributed by atoms with E-state index in [4.69, 9.17) is 0 Å². The molecule has 1 heterocycles. The van der Waals surface area contributed by atoms with Crippen LogP contribution in [0.15, 0.2) is 0 Å². The minimum atomic E-state index is -0.554. The van der Waals surface area contributed by atoms with Gasteiger partial charge in [-0.05, 0) is 25.2 Å². The Bertz CT molecular complexity index is 317. The third kappa shape index (κ3) is 3.37. The molecule has 0 spiro atoms. The van der Waals surface area contributed by atoms with E-state index in [1.54, 1.807) is 0 Å². The largest absolute Gasteiger partial charge is 0.453 e. The van der Waals surface area contributed by atoms with Gasteiger partial charge in [0, 0.05) is 12.6 Å². The summed E-state index contributed by atoms with van der Waals surface area (Å²) < 4.78 is 4.57. The van der Waals surface area contributed by atoms with E-state index in [0.29, 0.717) is 5.92 Å². The van der Waals surface area contributed by atoms with Crippen LogP contribution in [0.5, 0.6) is 0 Å². The molecule has 1 aliphatic rings. The van der Waals surface area contributed by atoms with Crippen molar-refractivity contribution in [3.63, 3.8) is 0 Å². The molecule has 5 nitrogen and oxygen atoms in total. The van der Waals surface area contributed by atoms with Crippen LogP contribution in [0.1, 0.15) is 34.1 Å². The summed E-state index contributed by atoms with van der Waals surface area (Å²) >= 11 is 0. The summed E-state index contributed by atoms with van der Waals surface area (Å²) in [5.41, 5.74) is 0. The summed E-state index contributed by atoms with van der Waals surface area (Å²) in [5.74, 6) is 0.557. The average Bonchev–Trinajstić information content (AvgIpc) is 2.63. The average molecular weight is 256 g/mol. The third-order valence-corrected chi connectivity index (χ3v) is 3.46. The Morgan fingerprint density at radius 2 is 1.94 bits per heavy atom. The number of amides is 2. The number of likely N-dealkylation sites (tertiary alicyclic amines) is 1. The van der Waals surface area contributed by atoms with Crippen LogP contribution in [-0.4, -0.2) is 42.6 Å². The minimum absolute atomic E-state index is 0.00718. The van der Waals surface area contributed by atoms with Crippen molar-refractivity contribution in [1.82, 2.24) is 10.2 Å². The van der Waals surface area contributed by atoms with E-state index >= 15 is 0 Å². The van der Waals surface area contributed by atoms with E-state index in [-0.39, 0.29) is 17.9 Å². The Morgan fingerprint density at radius 3 is 2.33 bits per heavy atom. The zero-order chi connectivity index (χ0) is 13.9. The van der Waals surface area contributed by atoms with Crippen LogP contribution in [0.2, 0.25) is 0 Å². The van der Waals surface area contributed by atoms with Crippen molar-refractivity contribution in [3.05, 3.63) is 0 Å². The van der Waals surface area contributed by atoms with Gasteiger partial charge in [0.25, 0.3) is 0 Å².